The van der Waals surface area contributed by atoms with Crippen LogP contribution in [0.25, 0.3) is 0 Å². The highest BCUT2D eigenvalue weighted by molar-refractivity contribution is 5.85. The molecule has 1 fully saturated rings. The molecule has 1 saturated carbocycles. The first-order chi connectivity index (χ1) is 10.2. The first kappa shape index (κ1) is 18.9. The molecule has 1 atom stereocenters. The second-order valence-corrected chi connectivity index (χ2v) is 6.11. The van der Waals surface area contributed by atoms with Crippen LogP contribution in [-0.2, 0) is 16.0 Å². The summed E-state index contributed by atoms with van der Waals surface area (Å²) < 4.78 is 5.17. The number of halogens is 1. The number of methoxy groups -OCH3 is 1. The van der Waals surface area contributed by atoms with E-state index in [0.717, 1.165) is 25.1 Å². The normalized spacial score (nSPS) is 17.0. The van der Waals surface area contributed by atoms with Gasteiger partial charge in [-0.1, -0.05) is 36.8 Å². The molecule has 1 aliphatic rings. The average Bonchev–Trinajstić information content (AvgIpc) is 2.46. The fraction of sp³-hybridized carbons (Fsp3) is 0.588. The largest absolute Gasteiger partial charge is 0.385 e. The SMILES string of the molecule is COCCC1(CNC(=O)[C@@H](N)Cc2ccccc2)CCC1.Cl. The maximum atomic E-state index is 12.1. The molecule has 5 heteroatoms. The Kier molecular flexibility index (Phi) is 7.87. The van der Waals surface area contributed by atoms with Gasteiger partial charge in [0.25, 0.3) is 0 Å². The molecule has 4 nitrogen and oxygen atoms in total. The van der Waals surface area contributed by atoms with E-state index in [2.05, 4.69) is 5.32 Å². The highest BCUT2D eigenvalue weighted by atomic mass is 35.5. The number of rotatable bonds is 8. The number of carbonyl (C=O) groups excluding carboxylic acids is 1. The highest BCUT2D eigenvalue weighted by Gasteiger charge is 2.36. The minimum atomic E-state index is -0.480. The van der Waals surface area contributed by atoms with Crippen molar-refractivity contribution < 1.29 is 9.53 Å². The lowest BCUT2D eigenvalue weighted by Gasteiger charge is -2.42. The van der Waals surface area contributed by atoms with Crippen molar-refractivity contribution >= 4 is 18.3 Å². The topological polar surface area (TPSA) is 64.3 Å². The van der Waals surface area contributed by atoms with Gasteiger partial charge in [0.2, 0.25) is 5.91 Å². The molecule has 0 heterocycles. The molecular weight excluding hydrogens is 300 g/mol. The molecule has 3 N–H and O–H groups in total. The van der Waals surface area contributed by atoms with E-state index in [9.17, 15) is 4.79 Å². The Balaban J connectivity index is 0.00000242. The van der Waals surface area contributed by atoms with Gasteiger partial charge in [0.05, 0.1) is 6.04 Å². The number of hydrogen-bond acceptors (Lipinski definition) is 3. The van der Waals surface area contributed by atoms with E-state index in [0.29, 0.717) is 6.42 Å². The second-order valence-electron chi connectivity index (χ2n) is 6.11. The van der Waals surface area contributed by atoms with Gasteiger partial charge in [-0.05, 0) is 36.7 Å². The van der Waals surface area contributed by atoms with Crippen LogP contribution in [0.3, 0.4) is 0 Å². The van der Waals surface area contributed by atoms with Gasteiger partial charge in [-0.3, -0.25) is 4.79 Å². The fourth-order valence-electron chi connectivity index (χ4n) is 2.88. The van der Waals surface area contributed by atoms with Gasteiger partial charge in [0, 0.05) is 20.3 Å². The molecule has 0 unspecified atom stereocenters. The van der Waals surface area contributed by atoms with Gasteiger partial charge in [-0.15, -0.1) is 12.4 Å². The number of hydrogen-bond donors (Lipinski definition) is 2. The third-order valence-electron chi connectivity index (χ3n) is 4.52. The Morgan fingerprint density at radius 1 is 1.36 bits per heavy atom. The van der Waals surface area contributed by atoms with Crippen LogP contribution in [0.15, 0.2) is 30.3 Å². The third kappa shape index (κ3) is 5.27. The molecule has 0 saturated heterocycles. The van der Waals surface area contributed by atoms with E-state index in [1.165, 1.54) is 19.3 Å². The van der Waals surface area contributed by atoms with Crippen molar-refractivity contribution in [2.75, 3.05) is 20.3 Å². The van der Waals surface area contributed by atoms with E-state index >= 15 is 0 Å². The van der Waals surface area contributed by atoms with Crippen molar-refractivity contribution in [3.8, 4) is 0 Å². The van der Waals surface area contributed by atoms with Crippen molar-refractivity contribution in [2.24, 2.45) is 11.1 Å². The maximum Gasteiger partial charge on any atom is 0.237 e. The lowest BCUT2D eigenvalue weighted by Crippen LogP contribution is -2.48. The fourth-order valence-corrected chi connectivity index (χ4v) is 2.88. The molecule has 2 rings (SSSR count). The molecule has 22 heavy (non-hydrogen) atoms. The smallest absolute Gasteiger partial charge is 0.237 e. The highest BCUT2D eigenvalue weighted by Crippen LogP contribution is 2.43. The van der Waals surface area contributed by atoms with Gasteiger partial charge in [0.15, 0.2) is 0 Å². The van der Waals surface area contributed by atoms with Crippen molar-refractivity contribution in [1.29, 1.82) is 0 Å². The zero-order valence-electron chi connectivity index (χ0n) is 13.2. The Labute approximate surface area is 139 Å². The Morgan fingerprint density at radius 2 is 2.05 bits per heavy atom. The molecule has 0 aliphatic heterocycles. The van der Waals surface area contributed by atoms with Crippen LogP contribution in [0.1, 0.15) is 31.2 Å². The summed E-state index contributed by atoms with van der Waals surface area (Å²) in [5.41, 5.74) is 7.33. The molecule has 124 valence electrons. The van der Waals surface area contributed by atoms with E-state index in [1.54, 1.807) is 7.11 Å². The predicted octanol–water partition coefficient (Wildman–Crippen LogP) is 2.30. The molecule has 1 aliphatic carbocycles. The lowest BCUT2D eigenvalue weighted by molar-refractivity contribution is -0.123. The number of carbonyl (C=O) groups is 1. The minimum absolute atomic E-state index is 0. The molecule has 1 aromatic carbocycles. The molecule has 1 amide bonds. The molecule has 0 bridgehead atoms. The summed E-state index contributed by atoms with van der Waals surface area (Å²) in [6, 6.07) is 9.41. The van der Waals surface area contributed by atoms with Gasteiger partial charge >= 0.3 is 0 Å². The molecule has 0 aromatic heterocycles. The summed E-state index contributed by atoms with van der Waals surface area (Å²) in [4.78, 5) is 12.1. The van der Waals surface area contributed by atoms with Gasteiger partial charge in [-0.25, -0.2) is 0 Å². The van der Waals surface area contributed by atoms with E-state index in [-0.39, 0.29) is 23.7 Å². The van der Waals surface area contributed by atoms with Crippen LogP contribution in [0.5, 0.6) is 0 Å². The second kappa shape index (κ2) is 9.13. The first-order valence-corrected chi connectivity index (χ1v) is 7.71. The quantitative estimate of drug-likeness (QED) is 0.770. The zero-order chi connectivity index (χ0) is 15.1. The average molecular weight is 327 g/mol. The number of amides is 1. The molecule has 1 aromatic rings. The summed E-state index contributed by atoms with van der Waals surface area (Å²) in [5.74, 6) is -0.0532. The molecular formula is C17H27ClN2O2. The number of nitrogens with two attached hydrogens (primary N) is 1. The Morgan fingerprint density at radius 3 is 2.59 bits per heavy atom. The standard InChI is InChI=1S/C17H26N2O2.ClH/c1-21-11-10-17(8-5-9-17)13-19-16(20)15(18)12-14-6-3-2-4-7-14;/h2-4,6-7,15H,5,8-13,18H2,1H3,(H,19,20);1H/t15-;/m0./s1. The van der Waals surface area contributed by atoms with Crippen molar-refractivity contribution in [3.05, 3.63) is 35.9 Å². The Hall–Kier alpha value is -1.10. The van der Waals surface area contributed by atoms with Crippen LogP contribution in [0, 0.1) is 5.41 Å². The van der Waals surface area contributed by atoms with E-state index < -0.39 is 6.04 Å². The van der Waals surface area contributed by atoms with Crippen molar-refractivity contribution in [1.82, 2.24) is 5.32 Å². The number of benzene rings is 1. The first-order valence-electron chi connectivity index (χ1n) is 7.71. The van der Waals surface area contributed by atoms with Gasteiger partial charge in [0.1, 0.15) is 0 Å². The predicted molar refractivity (Wildman–Crippen MR) is 91.2 cm³/mol. The molecule has 0 spiro atoms. The summed E-state index contributed by atoms with van der Waals surface area (Å²) in [6.45, 7) is 1.48. The van der Waals surface area contributed by atoms with Crippen molar-refractivity contribution in [3.63, 3.8) is 0 Å². The van der Waals surface area contributed by atoms with Gasteiger partial charge < -0.3 is 15.8 Å². The Bertz CT molecular complexity index is 449. The van der Waals surface area contributed by atoms with Crippen LogP contribution >= 0.6 is 12.4 Å². The summed E-state index contributed by atoms with van der Waals surface area (Å²) in [5, 5.41) is 3.03. The summed E-state index contributed by atoms with van der Waals surface area (Å²) in [6.07, 6.45) is 5.18. The van der Waals surface area contributed by atoms with Crippen LogP contribution in [0.4, 0.5) is 0 Å². The zero-order valence-corrected chi connectivity index (χ0v) is 14.0. The third-order valence-corrected chi connectivity index (χ3v) is 4.52. The van der Waals surface area contributed by atoms with Crippen LogP contribution in [0.2, 0.25) is 0 Å². The lowest BCUT2D eigenvalue weighted by atomic mass is 9.66. The van der Waals surface area contributed by atoms with E-state index in [4.69, 9.17) is 10.5 Å². The van der Waals surface area contributed by atoms with E-state index in [1.807, 2.05) is 30.3 Å². The summed E-state index contributed by atoms with van der Waals surface area (Å²) >= 11 is 0. The minimum Gasteiger partial charge on any atom is -0.385 e. The maximum absolute atomic E-state index is 12.1. The van der Waals surface area contributed by atoms with Crippen molar-refractivity contribution in [2.45, 2.75) is 38.1 Å². The van der Waals surface area contributed by atoms with Gasteiger partial charge in [-0.2, -0.15) is 0 Å². The van der Waals surface area contributed by atoms with Crippen LogP contribution < -0.4 is 11.1 Å². The van der Waals surface area contributed by atoms with Crippen LogP contribution in [-0.4, -0.2) is 32.2 Å². The monoisotopic (exact) mass is 326 g/mol. The number of nitrogens with one attached hydrogen (secondary N) is 1. The summed E-state index contributed by atoms with van der Waals surface area (Å²) in [7, 11) is 1.72. The molecule has 0 radical (unpaired) electrons. The number of ether oxygens (including phenoxy) is 1.